The molecule has 0 amide bonds. The highest BCUT2D eigenvalue weighted by molar-refractivity contribution is 5.72. The van der Waals surface area contributed by atoms with Crippen LogP contribution in [-0.2, 0) is 6.54 Å². The summed E-state index contributed by atoms with van der Waals surface area (Å²) in [6, 6.07) is 15.6. The molecule has 0 unspecified atom stereocenters. The van der Waals surface area contributed by atoms with Crippen molar-refractivity contribution in [2.75, 3.05) is 5.32 Å². The van der Waals surface area contributed by atoms with Crippen molar-refractivity contribution in [2.24, 2.45) is 0 Å². The SMILES string of the molecule is Cc1ccc(Nc2cc(-c3c(C)noc3C)cn(Cc3ccccc3)c2=O)cn1. The van der Waals surface area contributed by atoms with E-state index in [1.807, 2.05) is 75.5 Å². The topological polar surface area (TPSA) is 73.0 Å². The van der Waals surface area contributed by atoms with E-state index in [9.17, 15) is 4.79 Å². The molecule has 0 saturated heterocycles. The fraction of sp³-hybridized carbons (Fsp3) is 0.174. The minimum Gasteiger partial charge on any atom is -0.361 e. The number of nitrogens with one attached hydrogen (secondary N) is 1. The fourth-order valence-electron chi connectivity index (χ4n) is 3.35. The molecule has 1 N–H and O–H groups in total. The molecule has 1 aromatic carbocycles. The predicted octanol–water partition coefficient (Wildman–Crippen LogP) is 4.62. The van der Waals surface area contributed by atoms with Crippen LogP contribution in [0.4, 0.5) is 11.4 Å². The second kappa shape index (κ2) is 7.75. The van der Waals surface area contributed by atoms with Crippen molar-refractivity contribution in [3.8, 4) is 11.1 Å². The van der Waals surface area contributed by atoms with Gasteiger partial charge in [0.1, 0.15) is 11.4 Å². The lowest BCUT2D eigenvalue weighted by molar-refractivity contribution is 0.393. The van der Waals surface area contributed by atoms with Crippen LogP contribution >= 0.6 is 0 Å². The van der Waals surface area contributed by atoms with E-state index in [0.717, 1.165) is 39.5 Å². The Bertz CT molecular complexity index is 1170. The molecule has 3 aromatic heterocycles. The number of benzene rings is 1. The smallest absolute Gasteiger partial charge is 0.274 e. The lowest BCUT2D eigenvalue weighted by Gasteiger charge is -2.13. The molecule has 0 aliphatic heterocycles. The molecule has 0 radical (unpaired) electrons. The van der Waals surface area contributed by atoms with Gasteiger partial charge < -0.3 is 14.4 Å². The highest BCUT2D eigenvalue weighted by Crippen LogP contribution is 2.28. The van der Waals surface area contributed by atoms with Crippen molar-refractivity contribution >= 4 is 11.4 Å². The number of rotatable bonds is 5. The molecule has 0 aliphatic carbocycles. The Balaban J connectivity index is 1.82. The number of pyridine rings is 2. The Morgan fingerprint density at radius 2 is 1.86 bits per heavy atom. The average molecular weight is 386 g/mol. The summed E-state index contributed by atoms with van der Waals surface area (Å²) in [5, 5.41) is 7.28. The Morgan fingerprint density at radius 1 is 1.07 bits per heavy atom. The van der Waals surface area contributed by atoms with Crippen molar-refractivity contribution in [1.82, 2.24) is 14.7 Å². The Morgan fingerprint density at radius 3 is 2.52 bits per heavy atom. The zero-order valence-electron chi connectivity index (χ0n) is 16.6. The van der Waals surface area contributed by atoms with Crippen LogP contribution in [-0.4, -0.2) is 14.7 Å². The van der Waals surface area contributed by atoms with Gasteiger partial charge in [-0.15, -0.1) is 0 Å². The van der Waals surface area contributed by atoms with E-state index in [1.54, 1.807) is 10.8 Å². The summed E-state index contributed by atoms with van der Waals surface area (Å²) in [6.07, 6.45) is 3.58. The summed E-state index contributed by atoms with van der Waals surface area (Å²) < 4.78 is 7.05. The maximum absolute atomic E-state index is 13.2. The van der Waals surface area contributed by atoms with Gasteiger partial charge in [-0.05, 0) is 44.5 Å². The van der Waals surface area contributed by atoms with Crippen LogP contribution < -0.4 is 10.9 Å². The van der Waals surface area contributed by atoms with Crippen molar-refractivity contribution < 1.29 is 4.52 Å². The van der Waals surface area contributed by atoms with Gasteiger partial charge in [0.15, 0.2) is 0 Å². The number of hydrogen-bond donors (Lipinski definition) is 1. The zero-order valence-corrected chi connectivity index (χ0v) is 16.6. The number of hydrogen-bond acceptors (Lipinski definition) is 5. The third kappa shape index (κ3) is 3.96. The second-order valence-corrected chi connectivity index (χ2v) is 7.07. The molecule has 4 aromatic rings. The van der Waals surface area contributed by atoms with Crippen LogP contribution in [0.5, 0.6) is 0 Å². The first-order valence-electron chi connectivity index (χ1n) is 9.42. The minimum atomic E-state index is -0.107. The number of anilines is 2. The Labute approximate surface area is 168 Å². The summed E-state index contributed by atoms with van der Waals surface area (Å²) in [7, 11) is 0. The highest BCUT2D eigenvalue weighted by Gasteiger charge is 2.16. The number of aromatic nitrogens is 3. The van der Waals surface area contributed by atoms with Gasteiger partial charge in [0.05, 0.1) is 24.1 Å². The third-order valence-electron chi connectivity index (χ3n) is 4.79. The molecular weight excluding hydrogens is 364 g/mol. The van der Waals surface area contributed by atoms with Gasteiger partial charge in [-0.1, -0.05) is 35.5 Å². The maximum atomic E-state index is 13.2. The van der Waals surface area contributed by atoms with Crippen LogP contribution in [0.2, 0.25) is 0 Å². The first kappa shape index (κ1) is 18.7. The molecule has 0 atom stereocenters. The van der Waals surface area contributed by atoms with E-state index in [4.69, 9.17) is 4.52 Å². The molecule has 146 valence electrons. The minimum absolute atomic E-state index is 0.107. The van der Waals surface area contributed by atoms with Gasteiger partial charge in [-0.3, -0.25) is 9.78 Å². The van der Waals surface area contributed by atoms with E-state index in [0.29, 0.717) is 12.2 Å². The first-order chi connectivity index (χ1) is 14.0. The van der Waals surface area contributed by atoms with Crippen molar-refractivity contribution in [1.29, 1.82) is 0 Å². The summed E-state index contributed by atoms with van der Waals surface area (Å²) in [4.78, 5) is 17.5. The van der Waals surface area contributed by atoms with Crippen molar-refractivity contribution in [2.45, 2.75) is 27.3 Å². The first-order valence-corrected chi connectivity index (χ1v) is 9.42. The molecule has 29 heavy (non-hydrogen) atoms. The van der Waals surface area contributed by atoms with Crippen LogP contribution in [0.25, 0.3) is 11.1 Å². The molecule has 0 saturated carbocycles. The van der Waals surface area contributed by atoms with E-state index in [2.05, 4.69) is 15.5 Å². The van der Waals surface area contributed by atoms with E-state index in [-0.39, 0.29) is 5.56 Å². The predicted molar refractivity (Wildman–Crippen MR) is 113 cm³/mol. The zero-order chi connectivity index (χ0) is 20.4. The van der Waals surface area contributed by atoms with Crippen LogP contribution in [0.1, 0.15) is 22.7 Å². The van der Waals surface area contributed by atoms with Crippen LogP contribution in [0.15, 0.2) is 70.2 Å². The monoisotopic (exact) mass is 386 g/mol. The van der Waals surface area contributed by atoms with Gasteiger partial charge in [-0.25, -0.2) is 0 Å². The average Bonchev–Trinajstić information content (AvgIpc) is 3.05. The largest absolute Gasteiger partial charge is 0.361 e. The summed E-state index contributed by atoms with van der Waals surface area (Å²) >= 11 is 0. The molecule has 6 heteroatoms. The maximum Gasteiger partial charge on any atom is 0.274 e. The molecular formula is C23H22N4O2. The lowest BCUT2D eigenvalue weighted by atomic mass is 10.1. The summed E-state index contributed by atoms with van der Waals surface area (Å²) in [5.41, 5.74) is 5.66. The normalized spacial score (nSPS) is 10.9. The van der Waals surface area contributed by atoms with Crippen LogP contribution in [0, 0.1) is 20.8 Å². The quantitative estimate of drug-likeness (QED) is 0.542. The van der Waals surface area contributed by atoms with E-state index in [1.165, 1.54) is 0 Å². The van der Waals surface area contributed by atoms with Crippen molar-refractivity contribution in [3.63, 3.8) is 0 Å². The molecule has 0 bridgehead atoms. The Kier molecular flexibility index (Phi) is 4.99. The van der Waals surface area contributed by atoms with Crippen LogP contribution in [0.3, 0.4) is 0 Å². The standard InChI is InChI=1S/C23H22N4O2/c1-15-9-10-20(12-24-15)25-21-11-19(22-16(2)26-29-17(22)3)14-27(23(21)28)13-18-7-5-4-6-8-18/h4-12,14,25H,13H2,1-3H3. The lowest BCUT2D eigenvalue weighted by Crippen LogP contribution is -2.23. The van der Waals surface area contributed by atoms with Gasteiger partial charge in [0, 0.05) is 23.0 Å². The fourth-order valence-corrected chi connectivity index (χ4v) is 3.35. The Hall–Kier alpha value is -3.67. The molecule has 0 spiro atoms. The molecule has 3 heterocycles. The number of nitrogens with zero attached hydrogens (tertiary/aromatic N) is 3. The molecule has 0 fully saturated rings. The summed E-state index contributed by atoms with van der Waals surface area (Å²) in [6.45, 7) is 6.17. The van der Waals surface area contributed by atoms with E-state index < -0.39 is 0 Å². The van der Waals surface area contributed by atoms with Crippen molar-refractivity contribution in [3.05, 3.63) is 94.0 Å². The van der Waals surface area contributed by atoms with Gasteiger partial charge in [-0.2, -0.15) is 0 Å². The number of aryl methyl sites for hydroxylation is 3. The second-order valence-electron chi connectivity index (χ2n) is 7.07. The summed E-state index contributed by atoms with van der Waals surface area (Å²) in [5.74, 6) is 0.718. The van der Waals surface area contributed by atoms with Gasteiger partial charge in [0.25, 0.3) is 5.56 Å². The molecule has 4 rings (SSSR count). The molecule has 6 nitrogen and oxygen atoms in total. The van der Waals surface area contributed by atoms with E-state index >= 15 is 0 Å². The van der Waals surface area contributed by atoms with Gasteiger partial charge in [0.2, 0.25) is 0 Å². The molecule has 0 aliphatic rings. The highest BCUT2D eigenvalue weighted by atomic mass is 16.5. The van der Waals surface area contributed by atoms with Gasteiger partial charge >= 0.3 is 0 Å². The third-order valence-corrected chi connectivity index (χ3v) is 4.79.